The molecule has 2 rings (SSSR count). The van der Waals surface area contributed by atoms with E-state index in [9.17, 15) is 9.59 Å². The van der Waals surface area contributed by atoms with Crippen LogP contribution in [0.5, 0.6) is 0 Å². The second-order valence-corrected chi connectivity index (χ2v) is 5.32. The highest BCUT2D eigenvalue weighted by Gasteiger charge is 2.32. The zero-order valence-electron chi connectivity index (χ0n) is 10.2. The lowest BCUT2D eigenvalue weighted by Crippen LogP contribution is -2.14. The van der Waals surface area contributed by atoms with Gasteiger partial charge in [-0.1, -0.05) is 12.1 Å². The smallest absolute Gasteiger partial charge is 0.338 e. The summed E-state index contributed by atoms with van der Waals surface area (Å²) in [4.78, 5) is 23.6. The van der Waals surface area contributed by atoms with E-state index in [1.807, 2.05) is 19.1 Å². The number of benzene rings is 1. The van der Waals surface area contributed by atoms with Gasteiger partial charge in [-0.05, 0) is 19.1 Å². The van der Waals surface area contributed by atoms with Gasteiger partial charge in [0, 0.05) is 4.90 Å². The lowest BCUT2D eigenvalue weighted by Gasteiger charge is -2.14. The molecule has 2 unspecified atom stereocenters. The maximum atomic E-state index is 11.6. The standard InChI is InChI=1S/C13H14O4S/c1-8-11(7-12(14)17-8)18-10-6-4-3-5-9(10)13(15)16-2/h3-6,8,11H,7H2,1-2H3. The molecule has 1 aromatic rings. The van der Waals surface area contributed by atoms with Crippen LogP contribution < -0.4 is 0 Å². The third kappa shape index (κ3) is 2.67. The normalized spacial score (nSPS) is 22.7. The van der Waals surface area contributed by atoms with Gasteiger partial charge in [0.25, 0.3) is 0 Å². The fourth-order valence-corrected chi connectivity index (χ4v) is 3.04. The molecule has 1 saturated heterocycles. The number of ether oxygens (including phenoxy) is 2. The van der Waals surface area contributed by atoms with Crippen LogP contribution in [0.3, 0.4) is 0 Å². The minimum atomic E-state index is -0.365. The molecule has 0 aromatic heterocycles. The number of rotatable bonds is 3. The van der Waals surface area contributed by atoms with Crippen LogP contribution in [0.1, 0.15) is 23.7 Å². The molecule has 0 N–H and O–H groups in total. The van der Waals surface area contributed by atoms with Gasteiger partial charge in [0.15, 0.2) is 0 Å². The average molecular weight is 266 g/mol. The third-order valence-corrected chi connectivity index (χ3v) is 4.24. The van der Waals surface area contributed by atoms with Gasteiger partial charge >= 0.3 is 11.9 Å². The first-order valence-corrected chi connectivity index (χ1v) is 6.53. The molecule has 0 saturated carbocycles. The van der Waals surface area contributed by atoms with E-state index in [0.717, 1.165) is 4.90 Å². The Labute approximate surface area is 110 Å². The fourth-order valence-electron chi connectivity index (χ4n) is 1.81. The summed E-state index contributed by atoms with van der Waals surface area (Å²) in [6.45, 7) is 1.86. The molecule has 1 aromatic carbocycles. The van der Waals surface area contributed by atoms with E-state index in [2.05, 4.69) is 0 Å². The van der Waals surface area contributed by atoms with Crippen LogP contribution in [0.15, 0.2) is 29.2 Å². The molecule has 0 aliphatic carbocycles. The minimum absolute atomic E-state index is 0.0447. The molecule has 1 aliphatic rings. The Bertz CT molecular complexity index is 472. The molecule has 1 heterocycles. The van der Waals surface area contributed by atoms with Crippen molar-refractivity contribution in [2.75, 3.05) is 7.11 Å². The fraction of sp³-hybridized carbons (Fsp3) is 0.385. The number of carbonyl (C=O) groups is 2. The molecule has 0 radical (unpaired) electrons. The molecule has 1 aliphatic heterocycles. The van der Waals surface area contributed by atoms with Crippen LogP contribution in [0.25, 0.3) is 0 Å². The summed E-state index contributed by atoms with van der Waals surface area (Å²) < 4.78 is 9.84. The Morgan fingerprint density at radius 1 is 1.44 bits per heavy atom. The Morgan fingerprint density at radius 2 is 2.17 bits per heavy atom. The lowest BCUT2D eigenvalue weighted by atomic mass is 10.2. The maximum absolute atomic E-state index is 11.6. The predicted octanol–water partition coefficient (Wildman–Crippen LogP) is 2.27. The van der Waals surface area contributed by atoms with Gasteiger partial charge in [0.1, 0.15) is 6.10 Å². The summed E-state index contributed by atoms with van der Waals surface area (Å²) in [5, 5.41) is 0.0447. The second kappa shape index (κ2) is 5.44. The molecule has 5 heteroatoms. The van der Waals surface area contributed by atoms with Crippen molar-refractivity contribution in [2.24, 2.45) is 0 Å². The van der Waals surface area contributed by atoms with E-state index < -0.39 is 0 Å². The first-order valence-electron chi connectivity index (χ1n) is 5.65. The molecule has 1 fully saturated rings. The van der Waals surface area contributed by atoms with Gasteiger partial charge in [-0.15, -0.1) is 11.8 Å². The summed E-state index contributed by atoms with van der Waals surface area (Å²) in [6.07, 6.45) is 0.245. The first-order chi connectivity index (χ1) is 8.61. The molecule has 18 heavy (non-hydrogen) atoms. The first kappa shape index (κ1) is 13.0. The monoisotopic (exact) mass is 266 g/mol. The quantitative estimate of drug-likeness (QED) is 0.785. The van der Waals surface area contributed by atoms with E-state index in [4.69, 9.17) is 9.47 Å². The maximum Gasteiger partial charge on any atom is 0.338 e. The molecule has 0 spiro atoms. The molecule has 4 nitrogen and oxygen atoms in total. The van der Waals surface area contributed by atoms with Crippen LogP contribution in [0.4, 0.5) is 0 Å². The topological polar surface area (TPSA) is 52.6 Å². The van der Waals surface area contributed by atoms with Crippen molar-refractivity contribution in [3.63, 3.8) is 0 Å². The summed E-state index contributed by atoms with van der Waals surface area (Å²) >= 11 is 1.49. The van der Waals surface area contributed by atoms with Crippen molar-refractivity contribution in [3.05, 3.63) is 29.8 Å². The van der Waals surface area contributed by atoms with E-state index in [1.165, 1.54) is 18.9 Å². The zero-order valence-corrected chi connectivity index (χ0v) is 11.0. The van der Waals surface area contributed by atoms with Gasteiger partial charge in [-0.25, -0.2) is 4.79 Å². The summed E-state index contributed by atoms with van der Waals surface area (Å²) in [7, 11) is 1.36. The number of esters is 2. The van der Waals surface area contributed by atoms with Crippen molar-refractivity contribution in [1.82, 2.24) is 0 Å². The minimum Gasteiger partial charge on any atom is -0.465 e. The van der Waals surface area contributed by atoms with Gasteiger partial charge in [-0.3, -0.25) is 4.79 Å². The Hall–Kier alpha value is -1.49. The molecule has 2 atom stereocenters. The number of thioether (sulfide) groups is 1. The summed E-state index contributed by atoms with van der Waals surface area (Å²) in [5.74, 6) is -0.549. The lowest BCUT2D eigenvalue weighted by molar-refractivity contribution is -0.140. The van der Waals surface area contributed by atoms with Crippen LogP contribution >= 0.6 is 11.8 Å². The van der Waals surface area contributed by atoms with Gasteiger partial charge in [0.2, 0.25) is 0 Å². The second-order valence-electron chi connectivity index (χ2n) is 4.04. The van der Waals surface area contributed by atoms with Crippen LogP contribution in [0.2, 0.25) is 0 Å². The average Bonchev–Trinajstić information content (AvgIpc) is 2.67. The molecular formula is C13H14O4S. The van der Waals surface area contributed by atoms with Crippen LogP contribution in [0, 0.1) is 0 Å². The van der Waals surface area contributed by atoms with Gasteiger partial charge in [-0.2, -0.15) is 0 Å². The van der Waals surface area contributed by atoms with Crippen LogP contribution in [-0.4, -0.2) is 30.4 Å². The number of carbonyl (C=O) groups excluding carboxylic acids is 2. The van der Waals surface area contributed by atoms with E-state index in [0.29, 0.717) is 12.0 Å². The van der Waals surface area contributed by atoms with Gasteiger partial charge < -0.3 is 9.47 Å². The van der Waals surface area contributed by atoms with E-state index in [-0.39, 0.29) is 23.3 Å². The summed E-state index contributed by atoms with van der Waals surface area (Å²) in [6, 6.07) is 7.22. The molecular weight excluding hydrogens is 252 g/mol. The van der Waals surface area contributed by atoms with Crippen molar-refractivity contribution in [1.29, 1.82) is 0 Å². The Kier molecular flexibility index (Phi) is 3.91. The zero-order chi connectivity index (χ0) is 13.1. The van der Waals surface area contributed by atoms with E-state index in [1.54, 1.807) is 12.1 Å². The number of hydrogen-bond acceptors (Lipinski definition) is 5. The molecule has 96 valence electrons. The predicted molar refractivity (Wildman–Crippen MR) is 67.6 cm³/mol. The highest BCUT2D eigenvalue weighted by molar-refractivity contribution is 8.00. The van der Waals surface area contributed by atoms with Crippen LogP contribution in [-0.2, 0) is 14.3 Å². The number of hydrogen-bond donors (Lipinski definition) is 0. The highest BCUT2D eigenvalue weighted by atomic mass is 32.2. The largest absolute Gasteiger partial charge is 0.465 e. The van der Waals surface area contributed by atoms with Crippen molar-refractivity contribution >= 4 is 23.7 Å². The number of methoxy groups -OCH3 is 1. The van der Waals surface area contributed by atoms with Crippen molar-refractivity contribution in [3.8, 4) is 0 Å². The van der Waals surface area contributed by atoms with Crippen molar-refractivity contribution in [2.45, 2.75) is 29.6 Å². The number of cyclic esters (lactones) is 1. The van der Waals surface area contributed by atoms with Gasteiger partial charge in [0.05, 0.1) is 24.3 Å². The Morgan fingerprint density at radius 3 is 2.78 bits per heavy atom. The Balaban J connectivity index is 2.19. The third-order valence-electron chi connectivity index (χ3n) is 2.78. The van der Waals surface area contributed by atoms with Crippen molar-refractivity contribution < 1.29 is 19.1 Å². The van der Waals surface area contributed by atoms with E-state index >= 15 is 0 Å². The summed E-state index contributed by atoms with van der Waals surface area (Å²) in [5.41, 5.74) is 0.525. The molecule has 0 amide bonds. The SMILES string of the molecule is COC(=O)c1ccccc1SC1CC(=O)OC1C. The highest BCUT2D eigenvalue weighted by Crippen LogP contribution is 2.35. The molecule has 0 bridgehead atoms.